The second-order valence-electron chi connectivity index (χ2n) is 4.32. The number of ether oxygens (including phenoxy) is 1. The van der Waals surface area contributed by atoms with Gasteiger partial charge in [-0.2, -0.15) is 12.6 Å². The summed E-state index contributed by atoms with van der Waals surface area (Å²) in [4.78, 5) is 11.3. The molecule has 1 N–H and O–H groups in total. The van der Waals surface area contributed by atoms with Crippen LogP contribution in [0.4, 0.5) is 0 Å². The maximum atomic E-state index is 11.3. The minimum atomic E-state index is 0.0489. The summed E-state index contributed by atoms with van der Waals surface area (Å²) in [6.07, 6.45) is 1.25. The maximum absolute atomic E-state index is 11.3. The summed E-state index contributed by atoms with van der Waals surface area (Å²) in [5.74, 6) is 1.52. The number of carbonyl (C=O) groups is 1. The zero-order valence-corrected chi connectivity index (χ0v) is 12.1. The van der Waals surface area contributed by atoms with Gasteiger partial charge in [0.25, 0.3) is 0 Å². The summed E-state index contributed by atoms with van der Waals surface area (Å²) in [6, 6.07) is 4.17. The maximum Gasteiger partial charge on any atom is 0.220 e. The van der Waals surface area contributed by atoms with E-state index in [9.17, 15) is 4.79 Å². The molecule has 1 rings (SSSR count). The molecule has 0 spiro atoms. The van der Waals surface area contributed by atoms with Crippen LogP contribution in [0.25, 0.3) is 0 Å². The molecular formula is C14H21NO2S. The number of rotatable bonds is 6. The number of nitrogens with one attached hydrogen (secondary N) is 1. The quantitative estimate of drug-likeness (QED) is 0.776. The van der Waals surface area contributed by atoms with Crippen LogP contribution >= 0.6 is 12.6 Å². The Labute approximate surface area is 114 Å². The number of hydrogen-bond acceptors (Lipinski definition) is 3. The topological polar surface area (TPSA) is 38.3 Å². The van der Waals surface area contributed by atoms with E-state index in [0.29, 0.717) is 18.7 Å². The highest BCUT2D eigenvalue weighted by molar-refractivity contribution is 7.80. The Morgan fingerprint density at radius 1 is 1.33 bits per heavy atom. The largest absolute Gasteiger partial charge is 0.496 e. The van der Waals surface area contributed by atoms with E-state index in [0.717, 1.165) is 17.7 Å². The molecule has 0 atom stereocenters. The van der Waals surface area contributed by atoms with Gasteiger partial charge in [0.2, 0.25) is 5.91 Å². The second-order valence-corrected chi connectivity index (χ2v) is 4.77. The van der Waals surface area contributed by atoms with Crippen LogP contribution in [-0.2, 0) is 11.2 Å². The fraction of sp³-hybridized carbons (Fsp3) is 0.500. The number of hydrogen-bond donors (Lipinski definition) is 2. The van der Waals surface area contributed by atoms with E-state index in [1.165, 1.54) is 11.1 Å². The third kappa shape index (κ3) is 4.26. The molecule has 4 heteroatoms. The van der Waals surface area contributed by atoms with Crippen molar-refractivity contribution in [2.24, 2.45) is 0 Å². The average molecular weight is 267 g/mol. The molecule has 18 heavy (non-hydrogen) atoms. The Kier molecular flexibility index (Phi) is 6.05. The van der Waals surface area contributed by atoms with Gasteiger partial charge in [-0.1, -0.05) is 6.07 Å². The summed E-state index contributed by atoms with van der Waals surface area (Å²) >= 11 is 4.03. The second kappa shape index (κ2) is 7.31. The molecule has 0 aliphatic rings. The number of methoxy groups -OCH3 is 1. The van der Waals surface area contributed by atoms with Crippen molar-refractivity contribution in [2.45, 2.75) is 26.7 Å². The zero-order chi connectivity index (χ0) is 13.5. The molecule has 0 fully saturated rings. The van der Waals surface area contributed by atoms with Crippen molar-refractivity contribution in [2.75, 3.05) is 19.4 Å². The third-order valence-corrected chi connectivity index (χ3v) is 3.18. The van der Waals surface area contributed by atoms with Crippen LogP contribution < -0.4 is 10.1 Å². The molecule has 0 aliphatic carbocycles. The lowest BCUT2D eigenvalue weighted by molar-refractivity contribution is -0.120. The van der Waals surface area contributed by atoms with Gasteiger partial charge in [-0.25, -0.2) is 0 Å². The van der Waals surface area contributed by atoms with Gasteiger partial charge in [0.15, 0.2) is 0 Å². The molecule has 1 aromatic rings. The van der Waals surface area contributed by atoms with Crippen LogP contribution in [-0.4, -0.2) is 25.3 Å². The first-order valence-corrected chi connectivity index (χ1v) is 6.73. The lowest BCUT2D eigenvalue weighted by Gasteiger charge is -2.12. The fourth-order valence-corrected chi connectivity index (χ4v) is 1.96. The molecule has 0 bridgehead atoms. The summed E-state index contributed by atoms with van der Waals surface area (Å²) in [5, 5.41) is 2.87. The zero-order valence-electron chi connectivity index (χ0n) is 11.2. The van der Waals surface area contributed by atoms with Crippen molar-refractivity contribution in [1.82, 2.24) is 5.32 Å². The summed E-state index contributed by atoms with van der Waals surface area (Å²) in [5.41, 5.74) is 3.59. The van der Waals surface area contributed by atoms with Crippen molar-refractivity contribution in [3.05, 3.63) is 28.8 Å². The van der Waals surface area contributed by atoms with Crippen LogP contribution in [0, 0.1) is 13.8 Å². The van der Waals surface area contributed by atoms with Crippen molar-refractivity contribution >= 4 is 18.5 Å². The van der Waals surface area contributed by atoms with Gasteiger partial charge >= 0.3 is 0 Å². The van der Waals surface area contributed by atoms with Gasteiger partial charge in [-0.15, -0.1) is 0 Å². The molecule has 1 amide bonds. The number of aryl methyl sites for hydroxylation is 2. The highest BCUT2D eigenvalue weighted by Crippen LogP contribution is 2.23. The Hall–Kier alpha value is -1.16. The lowest BCUT2D eigenvalue weighted by atomic mass is 10.0. The van der Waals surface area contributed by atoms with Crippen molar-refractivity contribution in [3.63, 3.8) is 0 Å². The standard InChI is InChI=1S/C14H21NO2S/c1-10-8-12(13(17-3)9-11(10)2)4-6-15-14(16)5-7-18/h8-9,18H,4-7H2,1-3H3,(H,15,16). The number of amides is 1. The fourth-order valence-electron chi connectivity index (χ4n) is 1.76. The van der Waals surface area contributed by atoms with Crippen molar-refractivity contribution in [3.8, 4) is 5.75 Å². The van der Waals surface area contributed by atoms with Crippen molar-refractivity contribution < 1.29 is 9.53 Å². The Balaban J connectivity index is 2.61. The summed E-state index contributed by atoms with van der Waals surface area (Å²) in [6.45, 7) is 4.78. The van der Waals surface area contributed by atoms with Gasteiger partial charge < -0.3 is 10.1 Å². The van der Waals surface area contributed by atoms with Crippen LogP contribution in [0.2, 0.25) is 0 Å². The summed E-state index contributed by atoms with van der Waals surface area (Å²) < 4.78 is 5.36. The predicted octanol–water partition coefficient (Wildman–Crippen LogP) is 2.29. The van der Waals surface area contributed by atoms with E-state index in [1.54, 1.807) is 7.11 Å². The lowest BCUT2D eigenvalue weighted by Crippen LogP contribution is -2.25. The minimum Gasteiger partial charge on any atom is -0.496 e. The van der Waals surface area contributed by atoms with E-state index in [-0.39, 0.29) is 5.91 Å². The van der Waals surface area contributed by atoms with Gasteiger partial charge in [0, 0.05) is 13.0 Å². The van der Waals surface area contributed by atoms with E-state index in [1.807, 2.05) is 6.07 Å². The Morgan fingerprint density at radius 3 is 2.61 bits per heavy atom. The van der Waals surface area contributed by atoms with E-state index in [4.69, 9.17) is 4.74 Å². The molecular weight excluding hydrogens is 246 g/mol. The van der Waals surface area contributed by atoms with E-state index < -0.39 is 0 Å². The SMILES string of the molecule is COc1cc(C)c(C)cc1CCNC(=O)CCS. The Bertz CT molecular complexity index is 419. The van der Waals surface area contributed by atoms with Gasteiger partial charge in [-0.3, -0.25) is 4.79 Å². The molecule has 0 heterocycles. The molecule has 0 aromatic heterocycles. The van der Waals surface area contributed by atoms with Crippen LogP contribution in [0.15, 0.2) is 12.1 Å². The molecule has 100 valence electrons. The molecule has 0 aliphatic heterocycles. The predicted molar refractivity (Wildman–Crippen MR) is 77.7 cm³/mol. The monoisotopic (exact) mass is 267 g/mol. The van der Waals surface area contributed by atoms with E-state index >= 15 is 0 Å². The molecule has 0 saturated carbocycles. The van der Waals surface area contributed by atoms with E-state index in [2.05, 4.69) is 37.9 Å². The highest BCUT2D eigenvalue weighted by Gasteiger charge is 2.06. The third-order valence-electron chi connectivity index (χ3n) is 2.95. The smallest absolute Gasteiger partial charge is 0.220 e. The number of benzene rings is 1. The van der Waals surface area contributed by atoms with Crippen LogP contribution in [0.1, 0.15) is 23.1 Å². The summed E-state index contributed by atoms with van der Waals surface area (Å²) in [7, 11) is 1.67. The van der Waals surface area contributed by atoms with Crippen LogP contribution in [0.3, 0.4) is 0 Å². The van der Waals surface area contributed by atoms with Gasteiger partial charge in [0.05, 0.1) is 7.11 Å². The number of carbonyl (C=O) groups excluding carboxylic acids is 1. The average Bonchev–Trinajstić information content (AvgIpc) is 2.33. The van der Waals surface area contributed by atoms with Gasteiger partial charge in [-0.05, 0) is 48.8 Å². The molecule has 1 aromatic carbocycles. The molecule has 3 nitrogen and oxygen atoms in total. The first kappa shape index (κ1) is 14.9. The van der Waals surface area contributed by atoms with Gasteiger partial charge in [0.1, 0.15) is 5.75 Å². The Morgan fingerprint density at radius 2 is 2.00 bits per heavy atom. The normalized spacial score (nSPS) is 10.2. The molecule has 0 radical (unpaired) electrons. The van der Waals surface area contributed by atoms with Crippen molar-refractivity contribution in [1.29, 1.82) is 0 Å². The molecule has 0 unspecified atom stereocenters. The highest BCUT2D eigenvalue weighted by atomic mass is 32.1. The first-order chi connectivity index (χ1) is 8.58. The minimum absolute atomic E-state index is 0.0489. The van der Waals surface area contributed by atoms with Crippen LogP contribution in [0.5, 0.6) is 5.75 Å². The number of thiol groups is 1. The molecule has 0 saturated heterocycles. The first-order valence-electron chi connectivity index (χ1n) is 6.10.